The molecule has 2 aliphatic rings. The van der Waals surface area contributed by atoms with Crippen molar-refractivity contribution < 1.29 is 9.90 Å². The lowest BCUT2D eigenvalue weighted by molar-refractivity contribution is -0.121. The van der Waals surface area contributed by atoms with E-state index in [-0.39, 0.29) is 17.1 Å². The molecule has 0 aromatic rings. The highest BCUT2D eigenvalue weighted by Gasteiger charge is 2.46. The summed E-state index contributed by atoms with van der Waals surface area (Å²) < 4.78 is 0. The first-order chi connectivity index (χ1) is 7.99. The number of aliphatic hydroxyl groups excluding tert-OH is 1. The molecule has 2 aliphatic carbocycles. The van der Waals surface area contributed by atoms with Gasteiger partial charge in [-0.1, -0.05) is 19.9 Å². The summed E-state index contributed by atoms with van der Waals surface area (Å²) in [6, 6.07) is 0. The highest BCUT2D eigenvalue weighted by atomic mass is 16.3. The van der Waals surface area contributed by atoms with Gasteiger partial charge in [-0.25, -0.2) is 0 Å². The Morgan fingerprint density at radius 2 is 2.29 bits per heavy atom. The summed E-state index contributed by atoms with van der Waals surface area (Å²) in [7, 11) is 0. The van der Waals surface area contributed by atoms with Crippen LogP contribution in [-0.4, -0.2) is 17.0 Å². The molecular weight excluding hydrogens is 212 g/mol. The van der Waals surface area contributed by atoms with E-state index in [0.29, 0.717) is 5.92 Å². The summed E-state index contributed by atoms with van der Waals surface area (Å²) >= 11 is 0. The monoisotopic (exact) mass is 234 g/mol. The standard InChI is InChI=1S/C15H22O2/c1-4-5-11-9-15(3)10(2)6-7-13(16)12(15)8-14(11)17/h4,8,10-11,13,16H,1,5-7,9H2,2-3H3/t10-,11+,13+,15+/m1/s1. The number of carbonyl (C=O) groups is 1. The fourth-order valence-corrected chi connectivity index (χ4v) is 3.41. The van der Waals surface area contributed by atoms with E-state index in [1.807, 2.05) is 6.08 Å². The number of fused-ring (bicyclic) bond motifs is 1. The molecule has 2 rings (SSSR count). The maximum absolute atomic E-state index is 12.0. The largest absolute Gasteiger partial charge is 0.389 e. The fourth-order valence-electron chi connectivity index (χ4n) is 3.41. The van der Waals surface area contributed by atoms with Crippen molar-refractivity contribution in [1.29, 1.82) is 0 Å². The molecule has 0 heterocycles. The Bertz CT molecular complexity index is 369. The Labute approximate surface area is 103 Å². The summed E-state index contributed by atoms with van der Waals surface area (Å²) in [6.07, 6.45) is 6.59. The molecular formula is C15H22O2. The predicted molar refractivity (Wildman–Crippen MR) is 68.5 cm³/mol. The van der Waals surface area contributed by atoms with Gasteiger partial charge < -0.3 is 5.11 Å². The Balaban J connectivity index is 2.36. The molecule has 2 heteroatoms. The molecule has 2 nitrogen and oxygen atoms in total. The highest BCUT2D eigenvalue weighted by molar-refractivity contribution is 5.94. The van der Waals surface area contributed by atoms with E-state index in [1.54, 1.807) is 6.08 Å². The molecule has 0 saturated heterocycles. The van der Waals surface area contributed by atoms with E-state index in [9.17, 15) is 9.90 Å². The van der Waals surface area contributed by atoms with Crippen molar-refractivity contribution in [2.45, 2.75) is 45.6 Å². The second-order valence-electron chi connectivity index (χ2n) is 5.84. The van der Waals surface area contributed by atoms with Gasteiger partial charge in [-0.15, -0.1) is 6.58 Å². The lowest BCUT2D eigenvalue weighted by atomic mass is 9.57. The SMILES string of the molecule is C=CC[C@H]1C[C@]2(C)C(=CC1=O)[C@@H](O)CC[C@H]2C. The number of aliphatic hydroxyl groups is 1. The van der Waals surface area contributed by atoms with Gasteiger partial charge in [-0.05, 0) is 48.7 Å². The highest BCUT2D eigenvalue weighted by Crippen LogP contribution is 2.51. The van der Waals surface area contributed by atoms with Crippen LogP contribution in [0, 0.1) is 17.3 Å². The van der Waals surface area contributed by atoms with Gasteiger partial charge in [0.05, 0.1) is 6.10 Å². The van der Waals surface area contributed by atoms with Crippen LogP contribution in [0.4, 0.5) is 0 Å². The first-order valence-corrected chi connectivity index (χ1v) is 6.54. The predicted octanol–water partition coefficient (Wildman–Crippen LogP) is 2.88. The average Bonchev–Trinajstić information content (AvgIpc) is 2.28. The summed E-state index contributed by atoms with van der Waals surface area (Å²) in [5, 5.41) is 10.1. The first kappa shape index (κ1) is 12.6. The third kappa shape index (κ3) is 1.99. The molecule has 4 atom stereocenters. The van der Waals surface area contributed by atoms with Crippen LogP contribution in [0.3, 0.4) is 0 Å². The van der Waals surface area contributed by atoms with Crippen LogP contribution >= 0.6 is 0 Å². The van der Waals surface area contributed by atoms with Gasteiger partial charge in [0.1, 0.15) is 0 Å². The minimum absolute atomic E-state index is 0.000741. The molecule has 0 aromatic carbocycles. The lowest BCUT2D eigenvalue weighted by Gasteiger charge is -2.48. The van der Waals surface area contributed by atoms with E-state index in [4.69, 9.17) is 0 Å². The minimum atomic E-state index is -0.412. The van der Waals surface area contributed by atoms with Gasteiger partial charge in [-0.2, -0.15) is 0 Å². The van der Waals surface area contributed by atoms with Crippen LogP contribution in [0.5, 0.6) is 0 Å². The molecule has 0 unspecified atom stereocenters. The number of allylic oxidation sites excluding steroid dienone is 2. The van der Waals surface area contributed by atoms with Crippen molar-refractivity contribution in [3.63, 3.8) is 0 Å². The fraction of sp³-hybridized carbons (Fsp3) is 0.667. The van der Waals surface area contributed by atoms with Crippen molar-refractivity contribution in [3.05, 3.63) is 24.3 Å². The Kier molecular flexibility index (Phi) is 3.26. The first-order valence-electron chi connectivity index (χ1n) is 6.54. The number of ketones is 1. The van der Waals surface area contributed by atoms with Crippen LogP contribution in [0.25, 0.3) is 0 Å². The Hall–Kier alpha value is -0.890. The minimum Gasteiger partial charge on any atom is -0.389 e. The van der Waals surface area contributed by atoms with E-state index in [2.05, 4.69) is 20.4 Å². The third-order valence-corrected chi connectivity index (χ3v) is 4.80. The van der Waals surface area contributed by atoms with Crippen molar-refractivity contribution in [2.24, 2.45) is 17.3 Å². The normalized spacial score (nSPS) is 41.7. The molecule has 0 radical (unpaired) electrons. The summed E-state index contributed by atoms with van der Waals surface area (Å²) in [5.41, 5.74) is 0.973. The molecule has 94 valence electrons. The van der Waals surface area contributed by atoms with E-state index in [0.717, 1.165) is 31.3 Å². The molecule has 0 spiro atoms. The molecule has 17 heavy (non-hydrogen) atoms. The molecule has 1 saturated carbocycles. The van der Waals surface area contributed by atoms with E-state index >= 15 is 0 Å². The third-order valence-electron chi connectivity index (χ3n) is 4.80. The maximum atomic E-state index is 12.0. The van der Waals surface area contributed by atoms with Crippen LogP contribution in [-0.2, 0) is 4.79 Å². The van der Waals surface area contributed by atoms with E-state index in [1.165, 1.54) is 0 Å². The zero-order valence-corrected chi connectivity index (χ0v) is 10.8. The smallest absolute Gasteiger partial charge is 0.159 e. The molecule has 0 aliphatic heterocycles. The van der Waals surface area contributed by atoms with Gasteiger partial charge in [0.25, 0.3) is 0 Å². The van der Waals surface area contributed by atoms with Crippen LogP contribution in [0.2, 0.25) is 0 Å². The van der Waals surface area contributed by atoms with Crippen molar-refractivity contribution >= 4 is 5.78 Å². The molecule has 1 N–H and O–H groups in total. The molecule has 0 aromatic heterocycles. The maximum Gasteiger partial charge on any atom is 0.159 e. The number of rotatable bonds is 2. The van der Waals surface area contributed by atoms with E-state index < -0.39 is 6.10 Å². The second kappa shape index (κ2) is 4.41. The molecule has 1 fully saturated rings. The second-order valence-corrected chi connectivity index (χ2v) is 5.84. The van der Waals surface area contributed by atoms with Gasteiger partial charge in [0, 0.05) is 5.92 Å². The van der Waals surface area contributed by atoms with Gasteiger partial charge in [0.2, 0.25) is 0 Å². The zero-order valence-electron chi connectivity index (χ0n) is 10.8. The zero-order chi connectivity index (χ0) is 12.6. The topological polar surface area (TPSA) is 37.3 Å². The van der Waals surface area contributed by atoms with Gasteiger partial charge >= 0.3 is 0 Å². The summed E-state index contributed by atoms with van der Waals surface area (Å²) in [5.74, 6) is 0.775. The average molecular weight is 234 g/mol. The Morgan fingerprint density at radius 1 is 1.59 bits per heavy atom. The quantitative estimate of drug-likeness (QED) is 0.746. The molecule has 0 amide bonds. The van der Waals surface area contributed by atoms with Crippen molar-refractivity contribution in [1.82, 2.24) is 0 Å². The van der Waals surface area contributed by atoms with Crippen LogP contribution in [0.1, 0.15) is 39.5 Å². The number of carbonyl (C=O) groups excluding carboxylic acids is 1. The lowest BCUT2D eigenvalue weighted by Crippen LogP contribution is -2.44. The van der Waals surface area contributed by atoms with Crippen molar-refractivity contribution in [3.8, 4) is 0 Å². The van der Waals surface area contributed by atoms with Crippen molar-refractivity contribution in [2.75, 3.05) is 0 Å². The summed E-state index contributed by atoms with van der Waals surface area (Å²) in [4.78, 5) is 12.0. The summed E-state index contributed by atoms with van der Waals surface area (Å²) in [6.45, 7) is 8.17. The Morgan fingerprint density at radius 3 is 2.94 bits per heavy atom. The number of hydrogen-bond acceptors (Lipinski definition) is 2. The van der Waals surface area contributed by atoms with Gasteiger partial charge in [0.15, 0.2) is 5.78 Å². The molecule has 0 bridgehead atoms. The van der Waals surface area contributed by atoms with Crippen LogP contribution < -0.4 is 0 Å². The van der Waals surface area contributed by atoms with Crippen LogP contribution in [0.15, 0.2) is 24.3 Å². The van der Waals surface area contributed by atoms with Gasteiger partial charge in [-0.3, -0.25) is 4.79 Å². The number of hydrogen-bond donors (Lipinski definition) is 1.